The van der Waals surface area contributed by atoms with Crippen molar-refractivity contribution in [3.05, 3.63) is 23.3 Å². The van der Waals surface area contributed by atoms with Crippen LogP contribution in [0.3, 0.4) is 0 Å². The highest BCUT2D eigenvalue weighted by Gasteiger charge is 2.61. The average molecular weight is 857 g/mol. The predicted molar refractivity (Wildman–Crippen MR) is 262 cm³/mol. The molecule has 0 radical (unpaired) electrons. The quantitative estimate of drug-likeness (QED) is 0.0772. The van der Waals surface area contributed by atoms with E-state index in [4.69, 9.17) is 9.57 Å². The fourth-order valence-corrected chi connectivity index (χ4v) is 18.4. The van der Waals surface area contributed by atoms with Crippen LogP contribution in [0.1, 0.15) is 210 Å². The van der Waals surface area contributed by atoms with Crippen molar-refractivity contribution >= 4 is 0 Å². The van der Waals surface area contributed by atoms with Gasteiger partial charge in [-0.25, -0.2) is 0 Å². The Hall–Kier alpha value is -0.680. The van der Waals surface area contributed by atoms with E-state index in [1.54, 1.807) is 11.1 Å². The average Bonchev–Trinajstić information content (AvgIpc) is 3.78. The minimum Gasteiger partial charge on any atom is -0.378 e. The lowest BCUT2D eigenvalue weighted by Crippen LogP contribution is -2.52. The van der Waals surface area contributed by atoms with E-state index in [1.165, 1.54) is 141 Å². The molecular weight excluding hydrogens is 757 g/mol. The van der Waals surface area contributed by atoms with Gasteiger partial charge in [-0.2, -0.15) is 5.48 Å². The Labute approximate surface area is 383 Å². The van der Waals surface area contributed by atoms with Crippen LogP contribution >= 0.6 is 0 Å². The lowest BCUT2D eigenvalue weighted by molar-refractivity contribution is -0.0619. The van der Waals surface area contributed by atoms with Crippen molar-refractivity contribution in [2.45, 2.75) is 223 Å². The van der Waals surface area contributed by atoms with Crippen LogP contribution in [0.15, 0.2) is 23.3 Å². The number of nitrogens with one attached hydrogen (secondary N) is 2. The van der Waals surface area contributed by atoms with Gasteiger partial charge < -0.3 is 10.1 Å². The summed E-state index contributed by atoms with van der Waals surface area (Å²) in [6.45, 7) is 28.6. The molecule has 0 aromatic carbocycles. The first-order valence-electron chi connectivity index (χ1n) is 27.7. The first kappa shape index (κ1) is 47.8. The number of hydrogen-bond donors (Lipinski definition) is 2. The number of fused-ring (bicyclic) bond motifs is 10. The molecule has 0 amide bonds. The summed E-state index contributed by atoms with van der Waals surface area (Å²) in [5.74, 6) is 10.9. The Morgan fingerprint density at radius 1 is 0.548 bits per heavy atom. The van der Waals surface area contributed by atoms with E-state index in [1.807, 2.05) is 0 Å². The lowest BCUT2D eigenvalue weighted by Gasteiger charge is -2.58. The molecule has 62 heavy (non-hydrogen) atoms. The van der Waals surface area contributed by atoms with Gasteiger partial charge in [0, 0.05) is 18.6 Å². The first-order chi connectivity index (χ1) is 29.7. The molecule has 4 nitrogen and oxygen atoms in total. The first-order valence-corrected chi connectivity index (χ1v) is 27.7. The highest BCUT2D eigenvalue weighted by atomic mass is 16.7. The van der Waals surface area contributed by atoms with E-state index in [0.29, 0.717) is 47.0 Å². The molecule has 0 aromatic rings. The van der Waals surface area contributed by atoms with Gasteiger partial charge in [0.15, 0.2) is 0 Å². The standard InChI is InChI=1S/C58H100N2O2/c1-39(2)13-11-15-41(5)49-21-23-51-47-19-17-43-37-45(25-29-55(43,7)53(47)27-31-57(49,51)9)59-33-34-61-35-36-62-60-46-26-30-56(8)44(38-46)18-20-48-52-24-22-50(42(6)16-12-14-40(3)4)58(52,10)32-28-54(48)56/h17-18,39-42,45-54,59-60H,11-16,19-38H2,1-10H3. The molecule has 6 fully saturated rings. The van der Waals surface area contributed by atoms with Crippen molar-refractivity contribution in [2.24, 2.45) is 92.7 Å². The zero-order valence-corrected chi connectivity index (χ0v) is 42.4. The van der Waals surface area contributed by atoms with Gasteiger partial charge in [0.1, 0.15) is 0 Å². The molecule has 0 aromatic heterocycles. The maximum absolute atomic E-state index is 6.12. The maximum atomic E-state index is 6.12. The minimum absolute atomic E-state index is 0.398. The maximum Gasteiger partial charge on any atom is 0.0916 e. The van der Waals surface area contributed by atoms with E-state index in [2.05, 4.69) is 92.2 Å². The van der Waals surface area contributed by atoms with Crippen molar-refractivity contribution < 1.29 is 9.57 Å². The van der Waals surface area contributed by atoms with Gasteiger partial charge in [-0.05, 0) is 195 Å². The van der Waals surface area contributed by atoms with Crippen molar-refractivity contribution in [3.63, 3.8) is 0 Å². The summed E-state index contributed by atoms with van der Waals surface area (Å²) in [4.78, 5) is 6.09. The second kappa shape index (κ2) is 19.9. The highest BCUT2D eigenvalue weighted by Crippen LogP contribution is 2.69. The van der Waals surface area contributed by atoms with Gasteiger partial charge in [0.05, 0.1) is 19.8 Å². The Bertz CT molecular complexity index is 1420. The molecule has 8 aliphatic carbocycles. The molecule has 0 aliphatic heterocycles. The van der Waals surface area contributed by atoms with Gasteiger partial charge in [-0.15, -0.1) is 0 Å². The molecule has 8 rings (SSSR count). The zero-order chi connectivity index (χ0) is 43.9. The Kier molecular flexibility index (Phi) is 15.3. The van der Waals surface area contributed by atoms with E-state index in [0.717, 1.165) is 84.2 Å². The Morgan fingerprint density at radius 3 is 1.56 bits per heavy atom. The molecular formula is C58H100N2O2. The summed E-state index contributed by atoms with van der Waals surface area (Å²) in [5, 5.41) is 3.92. The Balaban J connectivity index is 0.721. The predicted octanol–water partition coefficient (Wildman–Crippen LogP) is 14.9. The third kappa shape index (κ3) is 9.42. The van der Waals surface area contributed by atoms with Crippen LogP contribution in [-0.4, -0.2) is 38.4 Å². The second-order valence-corrected chi connectivity index (χ2v) is 26.0. The molecule has 354 valence electrons. The number of hydrogen-bond acceptors (Lipinski definition) is 4. The summed E-state index contributed by atoms with van der Waals surface area (Å²) >= 11 is 0. The topological polar surface area (TPSA) is 42.5 Å². The molecule has 6 saturated carbocycles. The van der Waals surface area contributed by atoms with E-state index >= 15 is 0 Å². The largest absolute Gasteiger partial charge is 0.378 e. The highest BCUT2D eigenvalue weighted by molar-refractivity contribution is 5.27. The summed E-state index contributed by atoms with van der Waals surface area (Å²) in [6.07, 6.45) is 36.2. The van der Waals surface area contributed by atoms with E-state index < -0.39 is 0 Å². The van der Waals surface area contributed by atoms with Gasteiger partial charge in [-0.1, -0.05) is 131 Å². The number of allylic oxidation sites excluding steroid dienone is 2. The molecule has 16 unspecified atom stereocenters. The SMILES string of the molecule is CC(C)CCCC(C)C1CCC2C3CC=C4CC(NCCOCCONC5CCC6(C)C(=CCC7C6CCC6(C)C(C(C)CCCC(C)C)CCC76)C5)CCC4(C)C3CCC12C. The third-order valence-corrected chi connectivity index (χ3v) is 21.9. The molecule has 4 heteroatoms. The van der Waals surface area contributed by atoms with Gasteiger partial charge >= 0.3 is 0 Å². The van der Waals surface area contributed by atoms with Crippen LogP contribution in [0.25, 0.3) is 0 Å². The Morgan fingerprint density at radius 2 is 1.05 bits per heavy atom. The van der Waals surface area contributed by atoms with Crippen molar-refractivity contribution in [1.29, 1.82) is 0 Å². The monoisotopic (exact) mass is 857 g/mol. The van der Waals surface area contributed by atoms with Gasteiger partial charge in [0.25, 0.3) is 0 Å². The molecule has 0 bridgehead atoms. The van der Waals surface area contributed by atoms with Crippen LogP contribution < -0.4 is 10.8 Å². The molecule has 16 atom stereocenters. The fraction of sp³-hybridized carbons (Fsp3) is 0.931. The number of ether oxygens (including phenoxy) is 1. The van der Waals surface area contributed by atoms with E-state index in [9.17, 15) is 0 Å². The molecule has 0 spiro atoms. The molecule has 2 N–H and O–H groups in total. The lowest BCUT2D eigenvalue weighted by atomic mass is 9.47. The number of rotatable bonds is 19. The van der Waals surface area contributed by atoms with Crippen molar-refractivity contribution in [3.8, 4) is 0 Å². The number of hydroxylamine groups is 1. The fourth-order valence-electron chi connectivity index (χ4n) is 18.4. The molecule has 0 heterocycles. The summed E-state index contributed by atoms with van der Waals surface area (Å²) in [7, 11) is 0. The minimum atomic E-state index is 0.398. The van der Waals surface area contributed by atoms with Crippen LogP contribution in [-0.2, 0) is 9.57 Å². The molecule has 8 aliphatic rings. The van der Waals surface area contributed by atoms with E-state index in [-0.39, 0.29) is 0 Å². The van der Waals surface area contributed by atoms with Crippen LogP contribution in [0.2, 0.25) is 0 Å². The van der Waals surface area contributed by atoms with Crippen LogP contribution in [0.4, 0.5) is 0 Å². The summed E-state index contributed by atoms with van der Waals surface area (Å²) < 4.78 is 6.12. The summed E-state index contributed by atoms with van der Waals surface area (Å²) in [5.41, 5.74) is 9.05. The van der Waals surface area contributed by atoms with Gasteiger partial charge in [0.2, 0.25) is 0 Å². The smallest absolute Gasteiger partial charge is 0.0916 e. The zero-order valence-electron chi connectivity index (χ0n) is 42.4. The van der Waals surface area contributed by atoms with Gasteiger partial charge in [-0.3, -0.25) is 4.84 Å². The van der Waals surface area contributed by atoms with Crippen molar-refractivity contribution in [1.82, 2.24) is 10.8 Å². The van der Waals surface area contributed by atoms with Crippen LogP contribution in [0, 0.1) is 92.7 Å². The molecule has 0 saturated heterocycles. The normalized spacial score (nSPS) is 43.5. The van der Waals surface area contributed by atoms with Crippen LogP contribution in [0.5, 0.6) is 0 Å². The van der Waals surface area contributed by atoms with Crippen molar-refractivity contribution in [2.75, 3.05) is 26.4 Å². The second-order valence-electron chi connectivity index (χ2n) is 26.0. The summed E-state index contributed by atoms with van der Waals surface area (Å²) in [6, 6.07) is 1.04. The third-order valence-electron chi connectivity index (χ3n) is 21.9.